The molecular weight excluding hydrogens is 381 g/mol. The van der Waals surface area contributed by atoms with Crippen LogP contribution in [0.1, 0.15) is 44.7 Å². The first kappa shape index (κ1) is 15.7. The van der Waals surface area contributed by atoms with E-state index in [1.54, 1.807) is 11.3 Å². The van der Waals surface area contributed by atoms with Crippen molar-refractivity contribution in [3.05, 3.63) is 26.3 Å². The van der Waals surface area contributed by atoms with Gasteiger partial charge in [-0.2, -0.15) is 0 Å². The molecule has 0 saturated heterocycles. The first-order chi connectivity index (χ1) is 9.32. The van der Waals surface area contributed by atoms with Gasteiger partial charge < -0.3 is 5.73 Å². The van der Waals surface area contributed by atoms with Crippen LogP contribution in [0.15, 0.2) is 12.1 Å². The fraction of sp³-hybridized carbons (Fsp3) is 0.467. The lowest BCUT2D eigenvalue weighted by Crippen LogP contribution is -2.07. The monoisotopic (exact) mass is 401 g/mol. The molecule has 0 aliphatic heterocycles. The fourth-order valence-corrected chi connectivity index (χ4v) is 3.40. The summed E-state index contributed by atoms with van der Waals surface area (Å²) in [6.07, 6.45) is 2.00. The number of nitrogens with zero attached hydrogens (tertiary/aromatic N) is 2. The molecule has 0 bridgehead atoms. The average molecular weight is 401 g/mol. The molecule has 0 fully saturated rings. The molecule has 0 amide bonds. The predicted octanol–water partition coefficient (Wildman–Crippen LogP) is 4.64. The molecule has 2 N–H and O–H groups in total. The van der Waals surface area contributed by atoms with Crippen molar-refractivity contribution in [2.24, 2.45) is 0 Å². The number of aromatic nitrogens is 2. The van der Waals surface area contributed by atoms with Crippen LogP contribution in [0, 0.1) is 3.57 Å². The normalized spacial score (nSPS) is 11.8. The maximum absolute atomic E-state index is 6.03. The van der Waals surface area contributed by atoms with E-state index in [-0.39, 0.29) is 5.41 Å². The molecule has 0 aliphatic carbocycles. The molecule has 3 nitrogen and oxygen atoms in total. The van der Waals surface area contributed by atoms with Crippen LogP contribution < -0.4 is 5.73 Å². The van der Waals surface area contributed by atoms with Crippen LogP contribution in [0.3, 0.4) is 0 Å². The van der Waals surface area contributed by atoms with E-state index in [9.17, 15) is 0 Å². The Morgan fingerprint density at radius 3 is 2.50 bits per heavy atom. The highest BCUT2D eigenvalue weighted by molar-refractivity contribution is 14.1. The van der Waals surface area contributed by atoms with E-state index >= 15 is 0 Å². The maximum Gasteiger partial charge on any atom is 0.171 e. The third-order valence-electron chi connectivity index (χ3n) is 3.00. The minimum atomic E-state index is 0.157. The summed E-state index contributed by atoms with van der Waals surface area (Å²) in [4.78, 5) is 11.6. The van der Waals surface area contributed by atoms with Crippen LogP contribution in [0.4, 0.5) is 5.82 Å². The van der Waals surface area contributed by atoms with Gasteiger partial charge in [-0.3, -0.25) is 0 Å². The number of nitrogens with two attached hydrogens (primary N) is 1. The van der Waals surface area contributed by atoms with Crippen LogP contribution in [0.5, 0.6) is 0 Å². The largest absolute Gasteiger partial charge is 0.383 e. The maximum atomic E-state index is 6.03. The van der Waals surface area contributed by atoms with E-state index in [0.29, 0.717) is 5.82 Å². The molecule has 5 heteroatoms. The minimum absolute atomic E-state index is 0.157. The van der Waals surface area contributed by atoms with Crippen LogP contribution in [-0.2, 0) is 11.8 Å². The lowest BCUT2D eigenvalue weighted by Gasteiger charge is -2.15. The zero-order valence-corrected chi connectivity index (χ0v) is 15.3. The van der Waals surface area contributed by atoms with Gasteiger partial charge in [-0.25, -0.2) is 9.97 Å². The highest BCUT2D eigenvalue weighted by Gasteiger charge is 2.18. The summed E-state index contributed by atoms with van der Waals surface area (Å²) in [5.74, 6) is 1.34. The van der Waals surface area contributed by atoms with Gasteiger partial charge in [0, 0.05) is 4.88 Å². The molecule has 0 radical (unpaired) electrons. The Morgan fingerprint density at radius 1 is 1.25 bits per heavy atom. The lowest BCUT2D eigenvalue weighted by molar-refractivity contribution is 0.604. The summed E-state index contributed by atoms with van der Waals surface area (Å²) in [5, 5.41) is 0. The van der Waals surface area contributed by atoms with Gasteiger partial charge in [0.25, 0.3) is 0 Å². The Kier molecular flexibility index (Phi) is 4.69. The van der Waals surface area contributed by atoms with Crippen molar-refractivity contribution in [2.75, 3.05) is 5.73 Å². The zero-order chi connectivity index (χ0) is 14.9. The van der Waals surface area contributed by atoms with Gasteiger partial charge in [-0.05, 0) is 46.6 Å². The molecule has 0 saturated carbocycles. The topological polar surface area (TPSA) is 51.8 Å². The summed E-state index contributed by atoms with van der Waals surface area (Å²) < 4.78 is 0.987. The smallest absolute Gasteiger partial charge is 0.171 e. The van der Waals surface area contributed by atoms with Gasteiger partial charge in [-0.1, -0.05) is 34.1 Å². The SMILES string of the molecule is CCCc1nc(-c2ccc(C(C)(C)C)s2)nc(N)c1I. The Hall–Kier alpha value is -0.690. The zero-order valence-electron chi connectivity index (χ0n) is 12.3. The van der Waals surface area contributed by atoms with E-state index in [1.807, 2.05) is 0 Å². The quantitative estimate of drug-likeness (QED) is 0.763. The molecular formula is C15H20IN3S. The molecule has 0 atom stereocenters. The molecule has 108 valence electrons. The number of nitrogen functional groups attached to an aromatic ring is 1. The second-order valence-corrected chi connectivity index (χ2v) is 8.02. The van der Waals surface area contributed by atoms with Crippen LogP contribution in [0.2, 0.25) is 0 Å². The molecule has 0 aliphatic rings. The number of anilines is 1. The third kappa shape index (κ3) is 3.31. The molecule has 2 heterocycles. The fourth-order valence-electron chi connectivity index (χ4n) is 1.89. The standard InChI is InChI=1S/C15H20IN3S/c1-5-6-9-12(16)13(17)19-14(18-9)10-7-8-11(20-10)15(2,3)4/h7-8H,5-6H2,1-4H3,(H2,17,18,19). The van der Waals surface area contributed by atoms with Crippen molar-refractivity contribution >= 4 is 39.7 Å². The third-order valence-corrected chi connectivity index (χ3v) is 5.68. The van der Waals surface area contributed by atoms with Crippen LogP contribution >= 0.6 is 33.9 Å². The Balaban J connectivity index is 2.45. The van der Waals surface area contributed by atoms with Crippen LogP contribution in [0.25, 0.3) is 10.7 Å². The molecule has 0 unspecified atom stereocenters. The van der Waals surface area contributed by atoms with Gasteiger partial charge in [0.05, 0.1) is 14.1 Å². The van der Waals surface area contributed by atoms with E-state index < -0.39 is 0 Å². The van der Waals surface area contributed by atoms with Crippen molar-refractivity contribution < 1.29 is 0 Å². The number of hydrogen-bond acceptors (Lipinski definition) is 4. The number of hydrogen-bond donors (Lipinski definition) is 1. The van der Waals surface area contributed by atoms with Gasteiger partial charge in [0.15, 0.2) is 5.82 Å². The minimum Gasteiger partial charge on any atom is -0.383 e. The molecule has 2 aromatic rings. The summed E-state index contributed by atoms with van der Waals surface area (Å²) >= 11 is 3.99. The highest BCUT2D eigenvalue weighted by atomic mass is 127. The summed E-state index contributed by atoms with van der Waals surface area (Å²) in [6.45, 7) is 8.80. The predicted molar refractivity (Wildman–Crippen MR) is 95.2 cm³/mol. The van der Waals surface area contributed by atoms with Crippen molar-refractivity contribution in [3.8, 4) is 10.7 Å². The Morgan fingerprint density at radius 2 is 1.95 bits per heavy atom. The molecule has 20 heavy (non-hydrogen) atoms. The summed E-state index contributed by atoms with van der Waals surface area (Å²) in [6, 6.07) is 4.26. The van der Waals surface area contributed by atoms with E-state index in [0.717, 1.165) is 32.8 Å². The van der Waals surface area contributed by atoms with Crippen molar-refractivity contribution in [1.82, 2.24) is 9.97 Å². The number of halogens is 1. The Labute approximate surface area is 138 Å². The average Bonchev–Trinajstić information content (AvgIpc) is 2.84. The first-order valence-electron chi connectivity index (χ1n) is 6.75. The van der Waals surface area contributed by atoms with Crippen molar-refractivity contribution in [3.63, 3.8) is 0 Å². The number of rotatable bonds is 3. The molecule has 2 aromatic heterocycles. The second-order valence-electron chi connectivity index (χ2n) is 5.86. The van der Waals surface area contributed by atoms with Crippen molar-refractivity contribution in [2.45, 2.75) is 46.0 Å². The molecule has 2 rings (SSSR count). The van der Waals surface area contributed by atoms with Gasteiger partial charge >= 0.3 is 0 Å². The highest BCUT2D eigenvalue weighted by Crippen LogP contribution is 2.34. The van der Waals surface area contributed by atoms with Gasteiger partial charge in [0.2, 0.25) is 0 Å². The molecule has 0 aromatic carbocycles. The second kappa shape index (κ2) is 5.97. The van der Waals surface area contributed by atoms with Gasteiger partial charge in [-0.15, -0.1) is 11.3 Å². The van der Waals surface area contributed by atoms with Crippen molar-refractivity contribution in [1.29, 1.82) is 0 Å². The van der Waals surface area contributed by atoms with E-state index in [2.05, 4.69) is 67.4 Å². The van der Waals surface area contributed by atoms with Crippen LogP contribution in [-0.4, -0.2) is 9.97 Å². The lowest BCUT2D eigenvalue weighted by atomic mass is 9.95. The van der Waals surface area contributed by atoms with E-state index in [1.165, 1.54) is 4.88 Å². The van der Waals surface area contributed by atoms with Gasteiger partial charge in [0.1, 0.15) is 5.82 Å². The Bertz CT molecular complexity index is 614. The number of thiophene rings is 1. The summed E-state index contributed by atoms with van der Waals surface area (Å²) in [7, 11) is 0. The summed E-state index contributed by atoms with van der Waals surface area (Å²) in [5.41, 5.74) is 7.24. The number of aryl methyl sites for hydroxylation is 1. The molecule has 0 spiro atoms. The first-order valence-corrected chi connectivity index (χ1v) is 8.65. The van der Waals surface area contributed by atoms with E-state index in [4.69, 9.17) is 10.7 Å².